The van der Waals surface area contributed by atoms with Gasteiger partial charge in [0.2, 0.25) is 0 Å². The minimum atomic E-state index is -3.01. The van der Waals surface area contributed by atoms with Crippen LogP contribution in [0.4, 0.5) is 0 Å². The number of Topliss-reactive ketones (excluding diaryl/α,β-unsaturated/α-hetero) is 1. The predicted molar refractivity (Wildman–Crippen MR) is 65.1 cm³/mol. The Hall–Kier alpha value is -0.380. The Balaban J connectivity index is 2.22. The van der Waals surface area contributed by atoms with Gasteiger partial charge in [-0.05, 0) is 46.5 Å². The molecule has 1 aliphatic rings. The predicted octanol–water partition coefficient (Wildman–Crippen LogP) is 2.35. The van der Waals surface area contributed by atoms with E-state index in [1.807, 2.05) is 0 Å². The lowest BCUT2D eigenvalue weighted by Gasteiger charge is -2.18. The summed E-state index contributed by atoms with van der Waals surface area (Å²) < 4.78 is 22.8. The van der Waals surface area contributed by atoms with Crippen molar-refractivity contribution >= 4 is 15.6 Å². The van der Waals surface area contributed by atoms with Crippen LogP contribution in [0.2, 0.25) is 0 Å². The maximum Gasteiger partial charge on any atom is 0.155 e. The van der Waals surface area contributed by atoms with Crippen LogP contribution >= 0.6 is 0 Å². The van der Waals surface area contributed by atoms with E-state index in [2.05, 4.69) is 0 Å². The van der Waals surface area contributed by atoms with Gasteiger partial charge in [0, 0.05) is 12.3 Å². The second-order valence-corrected chi connectivity index (χ2v) is 8.49. The van der Waals surface area contributed by atoms with Crippen LogP contribution in [0.15, 0.2) is 0 Å². The molecule has 1 fully saturated rings. The zero-order chi connectivity index (χ0) is 12.4. The first kappa shape index (κ1) is 13.7. The van der Waals surface area contributed by atoms with Gasteiger partial charge in [-0.25, -0.2) is 8.42 Å². The molecule has 0 heterocycles. The van der Waals surface area contributed by atoms with E-state index in [-0.39, 0.29) is 5.75 Å². The molecular weight excluding hydrogens is 224 g/mol. The Labute approximate surface area is 98.5 Å². The molecule has 0 aromatic heterocycles. The SMILES string of the molecule is CC(C)(C)S(=O)(=O)CCCCC(=O)C1CC1. The molecule has 0 atom stereocenters. The van der Waals surface area contributed by atoms with Gasteiger partial charge >= 0.3 is 0 Å². The van der Waals surface area contributed by atoms with Crippen molar-refractivity contribution in [3.63, 3.8) is 0 Å². The molecule has 1 saturated carbocycles. The lowest BCUT2D eigenvalue weighted by molar-refractivity contribution is -0.120. The van der Waals surface area contributed by atoms with E-state index in [0.29, 0.717) is 31.0 Å². The maximum absolute atomic E-state index is 11.8. The Kier molecular flexibility index (Phi) is 4.16. The van der Waals surface area contributed by atoms with Crippen LogP contribution in [0, 0.1) is 5.92 Å². The summed E-state index contributed by atoms with van der Waals surface area (Å²) in [5.41, 5.74) is 0. The van der Waals surface area contributed by atoms with E-state index < -0.39 is 14.6 Å². The van der Waals surface area contributed by atoms with Crippen LogP contribution in [0.5, 0.6) is 0 Å². The highest BCUT2D eigenvalue weighted by atomic mass is 32.2. The van der Waals surface area contributed by atoms with Crippen LogP contribution in [-0.4, -0.2) is 24.7 Å². The zero-order valence-electron chi connectivity index (χ0n) is 10.5. The molecule has 0 spiro atoms. The number of rotatable bonds is 6. The maximum atomic E-state index is 11.8. The molecule has 4 heteroatoms. The van der Waals surface area contributed by atoms with Gasteiger partial charge < -0.3 is 0 Å². The third-order valence-corrected chi connectivity index (χ3v) is 5.74. The largest absolute Gasteiger partial charge is 0.299 e. The summed E-state index contributed by atoms with van der Waals surface area (Å²) in [6.45, 7) is 5.16. The Morgan fingerprint density at radius 2 is 1.75 bits per heavy atom. The molecule has 0 bridgehead atoms. The summed E-state index contributed by atoms with van der Waals surface area (Å²) in [5.74, 6) is 0.835. The third kappa shape index (κ3) is 3.89. The molecule has 3 nitrogen and oxygen atoms in total. The summed E-state index contributed by atoms with van der Waals surface area (Å²) in [4.78, 5) is 11.4. The second-order valence-electron chi connectivity index (χ2n) is 5.63. The molecule has 0 N–H and O–H groups in total. The lowest BCUT2D eigenvalue weighted by Crippen LogP contribution is -2.30. The van der Waals surface area contributed by atoms with Gasteiger partial charge in [0.15, 0.2) is 9.84 Å². The Bertz CT molecular complexity index is 345. The lowest BCUT2D eigenvalue weighted by atomic mass is 10.1. The molecule has 94 valence electrons. The van der Waals surface area contributed by atoms with E-state index in [4.69, 9.17) is 0 Å². The topological polar surface area (TPSA) is 51.2 Å². The summed E-state index contributed by atoms with van der Waals surface area (Å²) >= 11 is 0. The highest BCUT2D eigenvalue weighted by Crippen LogP contribution is 2.31. The highest BCUT2D eigenvalue weighted by Gasteiger charge is 2.30. The van der Waals surface area contributed by atoms with Gasteiger partial charge in [0.25, 0.3) is 0 Å². The molecule has 0 radical (unpaired) electrons. The van der Waals surface area contributed by atoms with Crippen molar-refractivity contribution in [1.82, 2.24) is 0 Å². The first-order chi connectivity index (χ1) is 7.24. The third-order valence-electron chi connectivity index (χ3n) is 3.05. The van der Waals surface area contributed by atoms with Crippen molar-refractivity contribution in [3.05, 3.63) is 0 Å². The first-order valence-corrected chi connectivity index (χ1v) is 7.64. The number of carbonyl (C=O) groups is 1. The van der Waals surface area contributed by atoms with Crippen LogP contribution < -0.4 is 0 Å². The van der Waals surface area contributed by atoms with Crippen molar-refractivity contribution in [1.29, 1.82) is 0 Å². The molecule has 0 aromatic carbocycles. The fourth-order valence-electron chi connectivity index (χ4n) is 1.51. The number of sulfone groups is 1. The van der Waals surface area contributed by atoms with Crippen molar-refractivity contribution in [3.8, 4) is 0 Å². The molecule has 0 unspecified atom stereocenters. The average Bonchev–Trinajstić information content (AvgIpc) is 2.93. The van der Waals surface area contributed by atoms with Gasteiger partial charge in [-0.15, -0.1) is 0 Å². The average molecular weight is 246 g/mol. The monoisotopic (exact) mass is 246 g/mol. The minimum absolute atomic E-state index is 0.203. The quantitative estimate of drug-likeness (QED) is 0.676. The number of ketones is 1. The molecular formula is C12H22O3S. The van der Waals surface area contributed by atoms with Crippen molar-refractivity contribution < 1.29 is 13.2 Å². The van der Waals surface area contributed by atoms with Gasteiger partial charge in [-0.1, -0.05) is 0 Å². The van der Waals surface area contributed by atoms with E-state index in [0.717, 1.165) is 12.8 Å². The van der Waals surface area contributed by atoms with Crippen LogP contribution in [-0.2, 0) is 14.6 Å². The van der Waals surface area contributed by atoms with Gasteiger partial charge in [0.1, 0.15) is 5.78 Å². The van der Waals surface area contributed by atoms with Crippen molar-refractivity contribution in [2.24, 2.45) is 5.92 Å². The van der Waals surface area contributed by atoms with Crippen molar-refractivity contribution in [2.45, 2.75) is 57.6 Å². The smallest absolute Gasteiger partial charge is 0.155 e. The summed E-state index contributed by atoms with van der Waals surface area (Å²) in [6.07, 6.45) is 3.96. The molecule has 0 aliphatic heterocycles. The van der Waals surface area contributed by atoms with Gasteiger partial charge in [0.05, 0.1) is 10.5 Å². The van der Waals surface area contributed by atoms with Crippen LogP contribution in [0.25, 0.3) is 0 Å². The molecule has 1 rings (SSSR count). The minimum Gasteiger partial charge on any atom is -0.299 e. The summed E-state index contributed by atoms with van der Waals surface area (Å²) in [6, 6.07) is 0. The number of unbranched alkanes of at least 4 members (excludes halogenated alkanes) is 1. The van der Waals surface area contributed by atoms with E-state index >= 15 is 0 Å². The zero-order valence-corrected chi connectivity index (χ0v) is 11.3. The normalized spacial score (nSPS) is 17.4. The fourth-order valence-corrected chi connectivity index (χ4v) is 2.70. The van der Waals surface area contributed by atoms with Gasteiger partial charge in [-0.3, -0.25) is 4.79 Å². The Morgan fingerprint density at radius 3 is 2.19 bits per heavy atom. The fraction of sp³-hybridized carbons (Fsp3) is 0.917. The van der Waals surface area contributed by atoms with Crippen molar-refractivity contribution in [2.75, 3.05) is 5.75 Å². The number of hydrogen-bond acceptors (Lipinski definition) is 3. The van der Waals surface area contributed by atoms with Crippen LogP contribution in [0.1, 0.15) is 52.9 Å². The summed E-state index contributed by atoms with van der Waals surface area (Å²) in [5, 5.41) is 0. The highest BCUT2D eigenvalue weighted by molar-refractivity contribution is 7.92. The summed E-state index contributed by atoms with van der Waals surface area (Å²) in [7, 11) is -3.01. The van der Waals surface area contributed by atoms with Gasteiger partial charge in [-0.2, -0.15) is 0 Å². The van der Waals surface area contributed by atoms with E-state index in [9.17, 15) is 13.2 Å². The number of carbonyl (C=O) groups excluding carboxylic acids is 1. The molecule has 0 aromatic rings. The molecule has 0 saturated heterocycles. The Morgan fingerprint density at radius 1 is 1.19 bits per heavy atom. The molecule has 0 amide bonds. The number of hydrogen-bond donors (Lipinski definition) is 0. The molecule has 1 aliphatic carbocycles. The first-order valence-electron chi connectivity index (χ1n) is 5.99. The molecule has 16 heavy (non-hydrogen) atoms. The second kappa shape index (κ2) is 4.86. The van der Waals surface area contributed by atoms with Crippen LogP contribution in [0.3, 0.4) is 0 Å². The standard InChI is InChI=1S/C12H22O3S/c1-12(2,3)16(14,15)9-5-4-6-11(13)10-7-8-10/h10H,4-9H2,1-3H3. The van der Waals surface area contributed by atoms with E-state index in [1.54, 1.807) is 20.8 Å². The van der Waals surface area contributed by atoms with E-state index in [1.165, 1.54) is 0 Å².